The van der Waals surface area contributed by atoms with Crippen LogP contribution in [0.1, 0.15) is 60.8 Å². The number of esters is 2. The van der Waals surface area contributed by atoms with Gasteiger partial charge < -0.3 is 14.6 Å². The lowest BCUT2D eigenvalue weighted by Crippen LogP contribution is -2.46. The van der Waals surface area contributed by atoms with Gasteiger partial charge in [-0.05, 0) is 31.1 Å². The molecule has 0 saturated heterocycles. The van der Waals surface area contributed by atoms with Crippen LogP contribution >= 0.6 is 0 Å². The van der Waals surface area contributed by atoms with Crippen molar-refractivity contribution in [3.05, 3.63) is 12.2 Å². The molecule has 6 heteroatoms. The van der Waals surface area contributed by atoms with Crippen LogP contribution in [0.5, 0.6) is 0 Å². The zero-order valence-corrected chi connectivity index (χ0v) is 17.4. The SMILES string of the molecule is CCC(C)C(C)(C(=O)OCCOC(=O)C1CC=CCC1C(=O)O)C(C)(C)C. The second kappa shape index (κ2) is 9.38. The molecule has 0 bridgehead atoms. The largest absolute Gasteiger partial charge is 0.481 e. The van der Waals surface area contributed by atoms with Crippen LogP contribution < -0.4 is 0 Å². The second-order valence-electron chi connectivity index (χ2n) is 8.56. The molecule has 27 heavy (non-hydrogen) atoms. The predicted octanol–water partition coefficient (Wildman–Crippen LogP) is 3.84. The van der Waals surface area contributed by atoms with Crippen LogP contribution in [0, 0.1) is 28.6 Å². The molecular formula is C21H34O6. The van der Waals surface area contributed by atoms with Crippen LogP contribution in [0.2, 0.25) is 0 Å². The van der Waals surface area contributed by atoms with Crippen molar-refractivity contribution in [1.29, 1.82) is 0 Å². The van der Waals surface area contributed by atoms with E-state index >= 15 is 0 Å². The summed E-state index contributed by atoms with van der Waals surface area (Å²) in [4.78, 5) is 36.2. The fourth-order valence-corrected chi connectivity index (χ4v) is 3.54. The monoisotopic (exact) mass is 382 g/mol. The number of rotatable bonds is 8. The van der Waals surface area contributed by atoms with Gasteiger partial charge in [0.25, 0.3) is 0 Å². The number of carboxylic acids is 1. The minimum Gasteiger partial charge on any atom is -0.481 e. The molecule has 0 heterocycles. The van der Waals surface area contributed by atoms with Gasteiger partial charge in [0.1, 0.15) is 13.2 Å². The topological polar surface area (TPSA) is 89.9 Å². The summed E-state index contributed by atoms with van der Waals surface area (Å²) in [5, 5.41) is 9.23. The van der Waals surface area contributed by atoms with E-state index < -0.39 is 29.2 Å². The molecule has 154 valence electrons. The molecule has 0 radical (unpaired) electrons. The molecule has 4 atom stereocenters. The molecule has 0 amide bonds. The number of carboxylic acid groups (broad SMARTS) is 1. The van der Waals surface area contributed by atoms with Gasteiger partial charge >= 0.3 is 17.9 Å². The van der Waals surface area contributed by atoms with Crippen molar-refractivity contribution >= 4 is 17.9 Å². The van der Waals surface area contributed by atoms with Crippen molar-refractivity contribution in [2.75, 3.05) is 13.2 Å². The summed E-state index contributed by atoms with van der Waals surface area (Å²) in [6, 6.07) is 0. The quantitative estimate of drug-likeness (QED) is 0.390. The van der Waals surface area contributed by atoms with E-state index in [-0.39, 0.29) is 30.5 Å². The molecule has 0 fully saturated rings. The van der Waals surface area contributed by atoms with E-state index in [1.807, 2.05) is 41.5 Å². The first-order chi connectivity index (χ1) is 12.5. The molecule has 0 saturated carbocycles. The molecule has 1 aliphatic rings. The van der Waals surface area contributed by atoms with Crippen LogP contribution in [0.3, 0.4) is 0 Å². The smallest absolute Gasteiger partial charge is 0.312 e. The average molecular weight is 382 g/mol. The number of carbonyl (C=O) groups excluding carboxylic acids is 2. The highest BCUT2D eigenvalue weighted by Gasteiger charge is 2.49. The van der Waals surface area contributed by atoms with Crippen LogP contribution in [0.15, 0.2) is 12.2 Å². The predicted molar refractivity (Wildman–Crippen MR) is 102 cm³/mol. The van der Waals surface area contributed by atoms with Crippen molar-refractivity contribution in [2.24, 2.45) is 28.6 Å². The Kier molecular flexibility index (Phi) is 8.05. The van der Waals surface area contributed by atoms with Crippen LogP contribution in [-0.4, -0.2) is 36.2 Å². The maximum Gasteiger partial charge on any atom is 0.312 e. The summed E-state index contributed by atoms with van der Waals surface area (Å²) in [7, 11) is 0. The molecule has 0 spiro atoms. The fraction of sp³-hybridized carbons (Fsp3) is 0.762. The summed E-state index contributed by atoms with van der Waals surface area (Å²) in [5.41, 5.74) is -0.937. The van der Waals surface area contributed by atoms with Crippen LogP contribution in [0.4, 0.5) is 0 Å². The summed E-state index contributed by atoms with van der Waals surface area (Å²) in [5.74, 6) is -3.17. The van der Waals surface area contributed by atoms with Crippen molar-refractivity contribution in [3.63, 3.8) is 0 Å². The van der Waals surface area contributed by atoms with E-state index in [0.29, 0.717) is 12.8 Å². The van der Waals surface area contributed by atoms with Gasteiger partial charge in [0.2, 0.25) is 0 Å². The number of hydrogen-bond acceptors (Lipinski definition) is 5. The van der Waals surface area contributed by atoms with E-state index in [9.17, 15) is 19.5 Å². The van der Waals surface area contributed by atoms with E-state index in [0.717, 1.165) is 6.42 Å². The Morgan fingerprint density at radius 1 is 1.04 bits per heavy atom. The third-order valence-electron chi connectivity index (χ3n) is 6.19. The first-order valence-corrected chi connectivity index (χ1v) is 9.68. The van der Waals surface area contributed by atoms with E-state index in [1.54, 1.807) is 12.2 Å². The summed E-state index contributed by atoms with van der Waals surface area (Å²) in [6.45, 7) is 11.9. The fourth-order valence-electron chi connectivity index (χ4n) is 3.54. The molecular weight excluding hydrogens is 348 g/mol. The molecule has 0 aromatic rings. The lowest BCUT2D eigenvalue weighted by molar-refractivity contribution is -0.171. The molecule has 0 aromatic heterocycles. The van der Waals surface area contributed by atoms with Crippen LogP contribution in [-0.2, 0) is 23.9 Å². The summed E-state index contributed by atoms with van der Waals surface area (Å²) in [6.07, 6.45) is 5.09. The number of allylic oxidation sites excluding steroid dienone is 2. The second-order valence-corrected chi connectivity index (χ2v) is 8.56. The summed E-state index contributed by atoms with van der Waals surface area (Å²) >= 11 is 0. The van der Waals surface area contributed by atoms with E-state index in [1.165, 1.54) is 0 Å². The molecule has 0 aromatic carbocycles. The maximum absolute atomic E-state index is 12.8. The molecule has 1 aliphatic carbocycles. The first kappa shape index (κ1) is 23.2. The van der Waals surface area contributed by atoms with Gasteiger partial charge in [-0.1, -0.05) is 53.2 Å². The van der Waals surface area contributed by atoms with Gasteiger partial charge in [-0.15, -0.1) is 0 Å². The zero-order chi connectivity index (χ0) is 20.8. The van der Waals surface area contributed by atoms with Gasteiger partial charge in [-0.25, -0.2) is 0 Å². The highest BCUT2D eigenvalue weighted by Crippen LogP contribution is 2.46. The van der Waals surface area contributed by atoms with Gasteiger partial charge in [-0.3, -0.25) is 14.4 Å². The molecule has 1 N–H and O–H groups in total. The highest BCUT2D eigenvalue weighted by molar-refractivity contribution is 5.82. The lowest BCUT2D eigenvalue weighted by atomic mass is 9.60. The maximum atomic E-state index is 12.8. The molecule has 0 aliphatic heterocycles. The van der Waals surface area contributed by atoms with Gasteiger partial charge in [0.15, 0.2) is 0 Å². The van der Waals surface area contributed by atoms with Crippen molar-refractivity contribution in [1.82, 2.24) is 0 Å². The Morgan fingerprint density at radius 3 is 2.04 bits per heavy atom. The highest BCUT2D eigenvalue weighted by atomic mass is 16.6. The third-order valence-corrected chi connectivity index (χ3v) is 6.19. The average Bonchev–Trinajstić information content (AvgIpc) is 2.62. The Balaban J connectivity index is 2.59. The number of hydrogen-bond donors (Lipinski definition) is 1. The standard InChI is InChI=1S/C21H34O6/c1-7-14(2)21(6,20(3,4)5)19(25)27-13-12-26-18(24)16-11-9-8-10-15(16)17(22)23/h8-9,14-16H,7,10-13H2,1-6H3,(H,22,23). The van der Waals surface area contributed by atoms with Crippen LogP contribution in [0.25, 0.3) is 0 Å². The Hall–Kier alpha value is -1.85. The number of aliphatic carboxylic acids is 1. The van der Waals surface area contributed by atoms with Crippen molar-refractivity contribution < 1.29 is 29.0 Å². The Labute approximate surface area is 162 Å². The van der Waals surface area contributed by atoms with Crippen molar-refractivity contribution in [3.8, 4) is 0 Å². The number of ether oxygens (including phenoxy) is 2. The molecule has 6 nitrogen and oxygen atoms in total. The minimum atomic E-state index is -0.998. The third kappa shape index (κ3) is 5.33. The number of carbonyl (C=O) groups is 3. The first-order valence-electron chi connectivity index (χ1n) is 9.68. The van der Waals surface area contributed by atoms with Crippen molar-refractivity contribution in [2.45, 2.75) is 60.8 Å². The van der Waals surface area contributed by atoms with Gasteiger partial charge in [-0.2, -0.15) is 0 Å². The van der Waals surface area contributed by atoms with E-state index in [2.05, 4.69) is 0 Å². The Morgan fingerprint density at radius 2 is 1.56 bits per heavy atom. The van der Waals surface area contributed by atoms with Gasteiger partial charge in [0, 0.05) is 0 Å². The minimum absolute atomic E-state index is 0.0347. The summed E-state index contributed by atoms with van der Waals surface area (Å²) < 4.78 is 10.6. The molecule has 4 unspecified atom stereocenters. The Bertz CT molecular complexity index is 574. The van der Waals surface area contributed by atoms with Gasteiger partial charge in [0.05, 0.1) is 17.3 Å². The van der Waals surface area contributed by atoms with E-state index in [4.69, 9.17) is 9.47 Å². The molecule has 1 rings (SSSR count). The lowest BCUT2D eigenvalue weighted by Gasteiger charge is -2.43. The zero-order valence-electron chi connectivity index (χ0n) is 17.4. The normalized spacial score (nSPS) is 23.2.